The lowest BCUT2D eigenvalue weighted by atomic mass is 10.2. The maximum absolute atomic E-state index is 11.7. The number of nitrogens with zero attached hydrogens (tertiary/aromatic N) is 2. The van der Waals surface area contributed by atoms with Crippen LogP contribution in [0.1, 0.15) is 12.8 Å². The molecule has 2 aromatic carbocycles. The molecule has 8 heteroatoms. The van der Waals surface area contributed by atoms with Crippen molar-refractivity contribution in [2.45, 2.75) is 12.8 Å². The molecule has 2 N–H and O–H groups in total. The third kappa shape index (κ3) is 5.09. The third-order valence-electron chi connectivity index (χ3n) is 4.63. The second-order valence-corrected chi connectivity index (χ2v) is 7.32. The van der Waals surface area contributed by atoms with Crippen molar-refractivity contribution < 1.29 is 14.7 Å². The molecule has 1 fully saturated rings. The number of hydrogen-bond donors (Lipinski definition) is 2. The average Bonchev–Trinajstić information content (AvgIpc) is 2.69. The van der Waals surface area contributed by atoms with Crippen molar-refractivity contribution in [1.82, 2.24) is 0 Å². The van der Waals surface area contributed by atoms with Gasteiger partial charge in [-0.15, -0.1) is 0 Å². The van der Waals surface area contributed by atoms with Gasteiger partial charge in [-0.1, -0.05) is 29.3 Å². The van der Waals surface area contributed by atoms with Gasteiger partial charge in [-0.3, -0.25) is 9.59 Å². The van der Waals surface area contributed by atoms with Crippen molar-refractivity contribution in [2.24, 2.45) is 0 Å². The van der Waals surface area contributed by atoms with Crippen LogP contribution in [0.25, 0.3) is 0 Å². The van der Waals surface area contributed by atoms with E-state index in [2.05, 4.69) is 15.1 Å². The number of nitrogens with one attached hydrogen (secondary N) is 1. The number of rotatable bonds is 6. The first-order chi connectivity index (χ1) is 13.4. The first-order valence-corrected chi connectivity index (χ1v) is 9.75. The smallest absolute Gasteiger partial charge is 0.303 e. The van der Waals surface area contributed by atoms with Crippen LogP contribution in [0.3, 0.4) is 0 Å². The van der Waals surface area contributed by atoms with Crippen LogP contribution in [0.15, 0.2) is 42.5 Å². The molecule has 0 saturated carbocycles. The van der Waals surface area contributed by atoms with Crippen LogP contribution in [0.5, 0.6) is 0 Å². The average molecular weight is 422 g/mol. The summed E-state index contributed by atoms with van der Waals surface area (Å²) in [7, 11) is 0. The van der Waals surface area contributed by atoms with Crippen LogP contribution in [0.4, 0.5) is 17.1 Å². The van der Waals surface area contributed by atoms with E-state index < -0.39 is 5.97 Å². The van der Waals surface area contributed by atoms with Crippen molar-refractivity contribution in [1.29, 1.82) is 0 Å². The molecule has 6 nitrogen and oxygen atoms in total. The van der Waals surface area contributed by atoms with Crippen LogP contribution >= 0.6 is 23.2 Å². The fourth-order valence-electron chi connectivity index (χ4n) is 3.14. The molecule has 3 rings (SSSR count). The lowest BCUT2D eigenvalue weighted by Crippen LogP contribution is -2.46. The molecule has 28 heavy (non-hydrogen) atoms. The monoisotopic (exact) mass is 421 g/mol. The molecule has 0 atom stereocenters. The van der Waals surface area contributed by atoms with Gasteiger partial charge in [-0.05, 0) is 36.4 Å². The minimum atomic E-state index is -0.983. The largest absolute Gasteiger partial charge is 0.481 e. The van der Waals surface area contributed by atoms with Gasteiger partial charge in [0, 0.05) is 44.0 Å². The van der Waals surface area contributed by atoms with Gasteiger partial charge in [0.1, 0.15) is 0 Å². The van der Waals surface area contributed by atoms with Gasteiger partial charge in [0.2, 0.25) is 5.91 Å². The number of carboxylic acids is 1. The number of hydrogen-bond acceptors (Lipinski definition) is 4. The highest BCUT2D eigenvalue weighted by Crippen LogP contribution is 2.33. The minimum absolute atomic E-state index is 0.0366. The number of amides is 1. The topological polar surface area (TPSA) is 72.9 Å². The molecule has 0 radical (unpaired) electrons. The van der Waals surface area contributed by atoms with Gasteiger partial charge in [0.25, 0.3) is 0 Å². The maximum atomic E-state index is 11.7. The Hall–Kier alpha value is -2.44. The van der Waals surface area contributed by atoms with E-state index >= 15 is 0 Å². The van der Waals surface area contributed by atoms with E-state index in [-0.39, 0.29) is 18.7 Å². The Labute approximate surface area is 173 Å². The van der Waals surface area contributed by atoms with Gasteiger partial charge in [0.15, 0.2) is 0 Å². The first kappa shape index (κ1) is 20.3. The number of carbonyl (C=O) groups excluding carboxylic acids is 1. The Morgan fingerprint density at radius 2 is 1.57 bits per heavy atom. The number of halogens is 2. The number of carbonyl (C=O) groups is 2. The zero-order valence-corrected chi connectivity index (χ0v) is 16.7. The van der Waals surface area contributed by atoms with Gasteiger partial charge < -0.3 is 20.2 Å². The Morgan fingerprint density at radius 3 is 2.21 bits per heavy atom. The summed E-state index contributed by atoms with van der Waals surface area (Å²) in [5, 5.41) is 12.5. The summed E-state index contributed by atoms with van der Waals surface area (Å²) in [6.45, 7) is 3.34. The molecule has 1 amide bonds. The number of aliphatic carboxylic acids is 1. The van der Waals surface area contributed by atoms with Crippen molar-refractivity contribution in [3.8, 4) is 0 Å². The van der Waals surface area contributed by atoms with Crippen LogP contribution in [0, 0.1) is 0 Å². The molecule has 0 bridgehead atoms. The van der Waals surface area contributed by atoms with Gasteiger partial charge in [-0.2, -0.15) is 0 Å². The van der Waals surface area contributed by atoms with Crippen molar-refractivity contribution in [3.63, 3.8) is 0 Å². The van der Waals surface area contributed by atoms with E-state index in [9.17, 15) is 9.59 Å². The quantitative estimate of drug-likeness (QED) is 0.733. The maximum Gasteiger partial charge on any atom is 0.303 e. The molecule has 148 valence electrons. The van der Waals surface area contributed by atoms with Crippen LogP contribution in [0.2, 0.25) is 10.0 Å². The third-order valence-corrected chi connectivity index (χ3v) is 5.44. The summed E-state index contributed by atoms with van der Waals surface area (Å²) in [4.78, 5) is 26.7. The lowest BCUT2D eigenvalue weighted by Gasteiger charge is -2.37. The Balaban J connectivity index is 1.55. The Bertz CT molecular complexity index is 850. The minimum Gasteiger partial charge on any atom is -0.481 e. The predicted octanol–water partition coefficient (Wildman–Crippen LogP) is 4.12. The van der Waals surface area contributed by atoms with E-state index in [4.69, 9.17) is 28.3 Å². The first-order valence-electron chi connectivity index (χ1n) is 8.99. The molecule has 0 aromatic heterocycles. The van der Waals surface area contributed by atoms with Gasteiger partial charge in [-0.25, -0.2) is 0 Å². The normalized spacial score (nSPS) is 14.1. The highest BCUT2D eigenvalue weighted by atomic mass is 35.5. The van der Waals surface area contributed by atoms with Crippen molar-refractivity contribution in [3.05, 3.63) is 52.5 Å². The summed E-state index contributed by atoms with van der Waals surface area (Å²) in [6, 6.07) is 13.2. The molecular formula is C20H21Cl2N3O3. The lowest BCUT2D eigenvalue weighted by molar-refractivity contribution is -0.138. The molecule has 2 aromatic rings. The summed E-state index contributed by atoms with van der Waals surface area (Å²) in [5.74, 6) is -1.29. The highest BCUT2D eigenvalue weighted by molar-refractivity contribution is 6.43. The molecule has 0 unspecified atom stereocenters. The summed E-state index contributed by atoms with van der Waals surface area (Å²) in [6.07, 6.45) is -0.212. The summed E-state index contributed by atoms with van der Waals surface area (Å²) in [5.41, 5.74) is 2.68. The number of carboxylic acid groups (broad SMARTS) is 1. The van der Waals surface area contributed by atoms with E-state index in [0.717, 1.165) is 37.6 Å². The number of benzene rings is 2. The molecule has 1 aliphatic rings. The van der Waals surface area contributed by atoms with Gasteiger partial charge >= 0.3 is 5.97 Å². The van der Waals surface area contributed by atoms with Crippen LogP contribution in [-0.4, -0.2) is 43.2 Å². The second-order valence-electron chi connectivity index (χ2n) is 6.54. The van der Waals surface area contributed by atoms with Crippen molar-refractivity contribution >= 4 is 52.1 Å². The Kier molecular flexibility index (Phi) is 6.65. The van der Waals surface area contributed by atoms with E-state index in [1.54, 1.807) is 6.07 Å². The molecule has 1 saturated heterocycles. The predicted molar refractivity (Wildman–Crippen MR) is 113 cm³/mol. The zero-order valence-electron chi connectivity index (χ0n) is 15.2. The van der Waals surface area contributed by atoms with Crippen LogP contribution < -0.4 is 15.1 Å². The molecule has 0 spiro atoms. The van der Waals surface area contributed by atoms with Crippen LogP contribution in [-0.2, 0) is 9.59 Å². The Morgan fingerprint density at radius 1 is 0.929 bits per heavy atom. The zero-order chi connectivity index (χ0) is 20.1. The SMILES string of the molecule is O=C(O)CCC(=O)Nc1ccc(N2CCN(c3cccc(Cl)c3Cl)CC2)cc1. The standard InChI is InChI=1S/C20H21Cl2N3O3/c21-16-2-1-3-17(20(16)22)25-12-10-24(11-13-25)15-6-4-14(5-7-15)23-18(26)8-9-19(27)28/h1-7H,8-13H2,(H,23,26)(H,27,28). The molecule has 1 heterocycles. The molecular weight excluding hydrogens is 401 g/mol. The highest BCUT2D eigenvalue weighted by Gasteiger charge is 2.20. The van der Waals surface area contributed by atoms with Crippen molar-refractivity contribution in [2.75, 3.05) is 41.3 Å². The second kappa shape index (κ2) is 9.17. The molecule has 0 aliphatic carbocycles. The fraction of sp³-hybridized carbons (Fsp3) is 0.300. The van der Waals surface area contributed by atoms with E-state index in [1.807, 2.05) is 36.4 Å². The number of piperazine rings is 1. The summed E-state index contributed by atoms with van der Waals surface area (Å²) < 4.78 is 0. The number of anilines is 3. The van der Waals surface area contributed by atoms with E-state index in [0.29, 0.717) is 15.7 Å². The van der Waals surface area contributed by atoms with Gasteiger partial charge in [0.05, 0.1) is 22.2 Å². The van der Waals surface area contributed by atoms with E-state index in [1.165, 1.54) is 0 Å². The molecule has 1 aliphatic heterocycles. The fourth-order valence-corrected chi connectivity index (χ4v) is 3.56. The summed E-state index contributed by atoms with van der Waals surface area (Å²) >= 11 is 12.4.